The second-order valence-electron chi connectivity index (χ2n) is 5.77. The van der Waals surface area contributed by atoms with E-state index in [0.29, 0.717) is 13.2 Å². The van der Waals surface area contributed by atoms with Gasteiger partial charge in [0.2, 0.25) is 0 Å². The molecule has 2 aliphatic rings. The Bertz CT molecular complexity index is 616. The third-order valence-electron chi connectivity index (χ3n) is 4.76. The summed E-state index contributed by atoms with van der Waals surface area (Å²) in [5, 5.41) is 4.92. The summed E-state index contributed by atoms with van der Waals surface area (Å²) in [5.41, 5.74) is 2.50. The van der Waals surface area contributed by atoms with Crippen LogP contribution in [0.5, 0.6) is 0 Å². The van der Waals surface area contributed by atoms with Crippen LogP contribution in [0.25, 0.3) is 10.9 Å². The maximum atomic E-state index is 5.96. The number of ether oxygens (including phenoxy) is 2. The minimum Gasteiger partial charge on any atom is -0.361 e. The summed E-state index contributed by atoms with van der Waals surface area (Å²) in [6.07, 6.45) is 3.04. The molecule has 106 valence electrons. The van der Waals surface area contributed by atoms with Gasteiger partial charge < -0.3 is 19.8 Å². The van der Waals surface area contributed by atoms with Crippen LogP contribution in [0.3, 0.4) is 0 Å². The van der Waals surface area contributed by atoms with Crippen LogP contribution in [-0.4, -0.2) is 30.5 Å². The van der Waals surface area contributed by atoms with Crippen LogP contribution in [-0.2, 0) is 9.47 Å². The Morgan fingerprint density at radius 2 is 2.00 bits per heavy atom. The maximum Gasteiger partial charge on any atom is 0.174 e. The number of piperidine rings is 1. The highest BCUT2D eigenvalue weighted by Gasteiger charge is 2.48. The lowest BCUT2D eigenvalue weighted by molar-refractivity contribution is -0.213. The molecule has 2 aliphatic heterocycles. The van der Waals surface area contributed by atoms with Gasteiger partial charge in [0.15, 0.2) is 5.79 Å². The summed E-state index contributed by atoms with van der Waals surface area (Å²) in [7, 11) is 0. The molecule has 2 N–H and O–H groups in total. The van der Waals surface area contributed by atoms with Crippen molar-refractivity contribution in [3.05, 3.63) is 36.0 Å². The van der Waals surface area contributed by atoms with Crippen LogP contribution in [0, 0.1) is 5.92 Å². The molecule has 0 bridgehead atoms. The Kier molecular flexibility index (Phi) is 2.84. The number of nitrogens with one attached hydrogen (secondary N) is 2. The third-order valence-corrected chi connectivity index (χ3v) is 4.76. The molecule has 1 spiro atoms. The largest absolute Gasteiger partial charge is 0.361 e. The number of aromatic nitrogens is 1. The van der Waals surface area contributed by atoms with Crippen LogP contribution >= 0.6 is 0 Å². The van der Waals surface area contributed by atoms with Crippen LogP contribution in [0.1, 0.15) is 24.9 Å². The molecule has 2 aromatic rings. The average Bonchev–Trinajstić information content (AvgIpc) is 3.10. The quantitative estimate of drug-likeness (QED) is 0.838. The van der Waals surface area contributed by atoms with Crippen molar-refractivity contribution in [2.75, 3.05) is 19.8 Å². The van der Waals surface area contributed by atoms with E-state index in [1.165, 1.54) is 16.5 Å². The van der Waals surface area contributed by atoms with E-state index in [-0.39, 0.29) is 12.0 Å². The first-order valence-corrected chi connectivity index (χ1v) is 7.37. The fraction of sp³-hybridized carbons (Fsp3) is 0.500. The number of hydrogen-bond acceptors (Lipinski definition) is 3. The van der Waals surface area contributed by atoms with E-state index >= 15 is 0 Å². The summed E-state index contributed by atoms with van der Waals surface area (Å²) in [4.78, 5) is 3.36. The van der Waals surface area contributed by atoms with E-state index in [2.05, 4.69) is 47.7 Å². The molecule has 4 nitrogen and oxygen atoms in total. The zero-order valence-corrected chi connectivity index (χ0v) is 11.7. The van der Waals surface area contributed by atoms with Gasteiger partial charge in [0.1, 0.15) is 0 Å². The number of H-pyrrole nitrogens is 1. The van der Waals surface area contributed by atoms with Crippen molar-refractivity contribution in [1.82, 2.24) is 10.3 Å². The zero-order chi connectivity index (χ0) is 13.6. The highest BCUT2D eigenvalue weighted by molar-refractivity contribution is 5.83. The highest BCUT2D eigenvalue weighted by atomic mass is 16.7. The molecule has 1 aromatic carbocycles. The lowest BCUT2D eigenvalue weighted by Gasteiger charge is -2.43. The number of hydrogen-bond donors (Lipinski definition) is 2. The molecule has 0 amide bonds. The Morgan fingerprint density at radius 3 is 2.85 bits per heavy atom. The Labute approximate surface area is 118 Å². The first kappa shape index (κ1) is 12.4. The van der Waals surface area contributed by atoms with Crippen LogP contribution in [0.4, 0.5) is 0 Å². The number of aromatic amines is 1. The minimum atomic E-state index is -0.395. The van der Waals surface area contributed by atoms with Crippen molar-refractivity contribution in [2.45, 2.75) is 25.2 Å². The molecule has 0 unspecified atom stereocenters. The smallest absolute Gasteiger partial charge is 0.174 e. The Morgan fingerprint density at radius 1 is 1.20 bits per heavy atom. The van der Waals surface area contributed by atoms with E-state index in [4.69, 9.17) is 9.47 Å². The first-order chi connectivity index (χ1) is 9.80. The molecule has 2 saturated heterocycles. The van der Waals surface area contributed by atoms with Crippen molar-refractivity contribution >= 4 is 10.9 Å². The number of fused-ring (bicyclic) bond motifs is 1. The molecule has 2 fully saturated rings. The van der Waals surface area contributed by atoms with Crippen LogP contribution in [0.15, 0.2) is 30.5 Å². The normalized spacial score (nSPS) is 29.2. The monoisotopic (exact) mass is 272 g/mol. The molecule has 0 radical (unpaired) electrons. The van der Waals surface area contributed by atoms with E-state index in [0.717, 1.165) is 13.0 Å². The summed E-state index contributed by atoms with van der Waals surface area (Å²) in [5.74, 6) is -0.105. The second kappa shape index (κ2) is 4.58. The van der Waals surface area contributed by atoms with E-state index in [1.807, 2.05) is 0 Å². The SMILES string of the molecule is C[C@@H]1[C@@H](c2c[nH]c3ccccc23)NCCC12OCCO2. The Hall–Kier alpha value is -1.36. The van der Waals surface area contributed by atoms with Gasteiger partial charge in [-0.05, 0) is 11.6 Å². The molecule has 2 atom stereocenters. The van der Waals surface area contributed by atoms with Crippen molar-refractivity contribution in [2.24, 2.45) is 5.92 Å². The van der Waals surface area contributed by atoms with Gasteiger partial charge in [0, 0.05) is 42.0 Å². The summed E-state index contributed by atoms with van der Waals surface area (Å²) in [6.45, 7) is 4.58. The van der Waals surface area contributed by atoms with Crippen molar-refractivity contribution in [3.8, 4) is 0 Å². The van der Waals surface area contributed by atoms with Crippen LogP contribution in [0.2, 0.25) is 0 Å². The predicted octanol–water partition coefficient (Wildman–Crippen LogP) is 2.58. The Balaban J connectivity index is 1.74. The molecule has 0 aliphatic carbocycles. The predicted molar refractivity (Wildman–Crippen MR) is 77.5 cm³/mol. The second-order valence-corrected chi connectivity index (χ2v) is 5.77. The standard InChI is InChI=1S/C16H20N2O2/c1-11-15(17-7-6-16(11)19-8-9-20-16)13-10-18-14-5-3-2-4-12(13)14/h2-5,10-11,15,17-18H,6-9H2,1H3/t11-,15+/m1/s1. The lowest BCUT2D eigenvalue weighted by Crippen LogP contribution is -2.51. The maximum absolute atomic E-state index is 5.96. The first-order valence-electron chi connectivity index (χ1n) is 7.37. The third kappa shape index (κ3) is 1.72. The average molecular weight is 272 g/mol. The molecular weight excluding hydrogens is 252 g/mol. The van der Waals surface area contributed by atoms with Gasteiger partial charge in [-0.25, -0.2) is 0 Å². The fourth-order valence-electron chi connectivity index (χ4n) is 3.67. The summed E-state index contributed by atoms with van der Waals surface area (Å²) in [6, 6.07) is 8.70. The van der Waals surface area contributed by atoms with Crippen molar-refractivity contribution in [3.63, 3.8) is 0 Å². The van der Waals surface area contributed by atoms with E-state index in [9.17, 15) is 0 Å². The molecule has 4 rings (SSSR count). The van der Waals surface area contributed by atoms with E-state index < -0.39 is 5.79 Å². The van der Waals surface area contributed by atoms with Gasteiger partial charge in [-0.2, -0.15) is 0 Å². The fourth-order valence-corrected chi connectivity index (χ4v) is 3.67. The van der Waals surface area contributed by atoms with Crippen molar-refractivity contribution in [1.29, 1.82) is 0 Å². The molecular formula is C16H20N2O2. The molecule has 1 aromatic heterocycles. The summed E-state index contributed by atoms with van der Waals surface area (Å²) >= 11 is 0. The van der Waals surface area contributed by atoms with Gasteiger partial charge in [-0.1, -0.05) is 25.1 Å². The molecule has 3 heterocycles. The van der Waals surface area contributed by atoms with Gasteiger partial charge in [0.05, 0.1) is 13.2 Å². The minimum absolute atomic E-state index is 0.262. The molecule has 0 saturated carbocycles. The van der Waals surface area contributed by atoms with Gasteiger partial charge in [-0.3, -0.25) is 0 Å². The lowest BCUT2D eigenvalue weighted by atomic mass is 9.82. The zero-order valence-electron chi connectivity index (χ0n) is 11.7. The topological polar surface area (TPSA) is 46.3 Å². The number of benzene rings is 1. The molecule has 4 heteroatoms. The van der Waals surface area contributed by atoms with Gasteiger partial charge in [0.25, 0.3) is 0 Å². The van der Waals surface area contributed by atoms with Crippen molar-refractivity contribution < 1.29 is 9.47 Å². The van der Waals surface area contributed by atoms with Crippen LogP contribution < -0.4 is 5.32 Å². The van der Waals surface area contributed by atoms with Gasteiger partial charge >= 0.3 is 0 Å². The van der Waals surface area contributed by atoms with Gasteiger partial charge in [-0.15, -0.1) is 0 Å². The van der Waals surface area contributed by atoms with E-state index in [1.54, 1.807) is 0 Å². The summed E-state index contributed by atoms with van der Waals surface area (Å²) < 4.78 is 11.9. The highest BCUT2D eigenvalue weighted by Crippen LogP contribution is 2.43. The molecule has 20 heavy (non-hydrogen) atoms. The number of para-hydroxylation sites is 1. The number of rotatable bonds is 1.